The summed E-state index contributed by atoms with van der Waals surface area (Å²) in [6.45, 7) is 1.69. The van der Waals surface area contributed by atoms with Crippen LogP contribution in [-0.4, -0.2) is 28.9 Å². The third kappa shape index (κ3) is 4.59. The van der Waals surface area contributed by atoms with Crippen LogP contribution in [0.4, 0.5) is 18.9 Å². The molecule has 156 valence electrons. The molecular formula is C20H17F3N4O3. The maximum Gasteiger partial charge on any atom is 0.416 e. The van der Waals surface area contributed by atoms with Gasteiger partial charge >= 0.3 is 6.18 Å². The Morgan fingerprint density at radius 1 is 1.10 bits per heavy atom. The van der Waals surface area contributed by atoms with Gasteiger partial charge in [-0.2, -0.15) is 13.2 Å². The molecule has 0 fully saturated rings. The lowest BCUT2D eigenvalue weighted by molar-refractivity contribution is -0.137. The molecule has 2 amide bonds. The van der Waals surface area contributed by atoms with Crippen molar-refractivity contribution >= 4 is 17.5 Å². The molecule has 1 heterocycles. The molecule has 2 aromatic carbocycles. The summed E-state index contributed by atoms with van der Waals surface area (Å²) in [6.07, 6.45) is -3.08. The number of nitrogens with zero attached hydrogens (tertiary/aromatic N) is 1. The van der Waals surface area contributed by atoms with Gasteiger partial charge in [-0.05, 0) is 43.3 Å². The molecule has 0 saturated carbocycles. The first-order valence-corrected chi connectivity index (χ1v) is 8.61. The van der Waals surface area contributed by atoms with Crippen LogP contribution >= 0.6 is 0 Å². The zero-order valence-corrected chi connectivity index (χ0v) is 15.9. The molecule has 0 spiro atoms. The number of nitrogens with two attached hydrogens (primary N) is 1. The number of imidazole rings is 1. The van der Waals surface area contributed by atoms with Gasteiger partial charge in [-0.1, -0.05) is 0 Å². The molecule has 3 aromatic rings. The number of aromatic amines is 1. The van der Waals surface area contributed by atoms with Crippen molar-refractivity contribution in [3.63, 3.8) is 0 Å². The van der Waals surface area contributed by atoms with Crippen molar-refractivity contribution in [2.45, 2.75) is 13.1 Å². The summed E-state index contributed by atoms with van der Waals surface area (Å²) >= 11 is 0. The maximum atomic E-state index is 13.4. The van der Waals surface area contributed by atoms with E-state index in [9.17, 15) is 22.8 Å². The number of benzene rings is 2. The number of H-pyrrole nitrogens is 1. The van der Waals surface area contributed by atoms with Crippen molar-refractivity contribution in [3.8, 4) is 17.1 Å². The quantitative estimate of drug-likeness (QED) is 0.586. The predicted molar refractivity (Wildman–Crippen MR) is 103 cm³/mol. The van der Waals surface area contributed by atoms with E-state index in [0.29, 0.717) is 5.69 Å². The number of ether oxygens (including phenoxy) is 1. The lowest BCUT2D eigenvalue weighted by Gasteiger charge is -2.13. The first-order chi connectivity index (χ1) is 14.1. The van der Waals surface area contributed by atoms with Crippen LogP contribution in [0.3, 0.4) is 0 Å². The summed E-state index contributed by atoms with van der Waals surface area (Å²) in [4.78, 5) is 31.0. The molecular weight excluding hydrogens is 401 g/mol. The number of hydrogen-bond donors (Lipinski definition) is 3. The van der Waals surface area contributed by atoms with Crippen molar-refractivity contribution in [1.29, 1.82) is 0 Å². The summed E-state index contributed by atoms with van der Waals surface area (Å²) in [5.74, 6) is -1.09. The number of aryl methyl sites for hydroxylation is 1. The van der Waals surface area contributed by atoms with Crippen LogP contribution in [0, 0.1) is 6.92 Å². The maximum absolute atomic E-state index is 13.4. The van der Waals surface area contributed by atoms with Gasteiger partial charge in [-0.15, -0.1) is 0 Å². The number of carbonyl (C=O) groups excluding carboxylic acids is 2. The molecule has 0 bridgehead atoms. The largest absolute Gasteiger partial charge is 0.497 e. The Kier molecular flexibility index (Phi) is 5.50. The normalized spacial score (nSPS) is 11.2. The molecule has 0 saturated heterocycles. The van der Waals surface area contributed by atoms with Crippen LogP contribution in [0.15, 0.2) is 42.6 Å². The average Bonchev–Trinajstić information content (AvgIpc) is 3.13. The lowest BCUT2D eigenvalue weighted by atomic mass is 10.1. The first-order valence-electron chi connectivity index (χ1n) is 8.61. The van der Waals surface area contributed by atoms with E-state index in [0.717, 1.165) is 12.1 Å². The van der Waals surface area contributed by atoms with Crippen LogP contribution in [-0.2, 0) is 6.18 Å². The molecule has 7 nitrogen and oxygen atoms in total. The van der Waals surface area contributed by atoms with Crippen molar-refractivity contribution in [3.05, 3.63) is 65.0 Å². The van der Waals surface area contributed by atoms with Gasteiger partial charge in [-0.3, -0.25) is 9.59 Å². The summed E-state index contributed by atoms with van der Waals surface area (Å²) in [7, 11) is 1.34. The van der Waals surface area contributed by atoms with Crippen LogP contribution < -0.4 is 15.8 Å². The number of amides is 2. The second kappa shape index (κ2) is 7.90. The standard InChI is InChI=1S/C20H17F3N4O3/c1-10-9-25-18(26-10)12-4-14(20(21,22)23)8-15(5-12)27-19(29)13-3-11(17(24)28)6-16(7-13)30-2/h3-9H,1-2H3,(H2,24,28)(H,25,26)(H,27,29). The van der Waals surface area contributed by atoms with Gasteiger partial charge in [-0.25, -0.2) is 4.98 Å². The molecule has 0 atom stereocenters. The van der Waals surface area contributed by atoms with E-state index in [1.165, 1.54) is 31.4 Å². The number of anilines is 1. The second-order valence-corrected chi connectivity index (χ2v) is 6.46. The Balaban J connectivity index is 2.00. The monoisotopic (exact) mass is 418 g/mol. The third-order valence-corrected chi connectivity index (χ3v) is 4.19. The van der Waals surface area contributed by atoms with Crippen molar-refractivity contribution < 1.29 is 27.5 Å². The highest BCUT2D eigenvalue weighted by Gasteiger charge is 2.31. The third-order valence-electron chi connectivity index (χ3n) is 4.19. The molecule has 0 aliphatic carbocycles. The Hall–Kier alpha value is -3.82. The van der Waals surface area contributed by atoms with Gasteiger partial charge in [0.1, 0.15) is 11.6 Å². The minimum Gasteiger partial charge on any atom is -0.497 e. The molecule has 3 rings (SSSR count). The van der Waals surface area contributed by atoms with Crippen LogP contribution in [0.25, 0.3) is 11.4 Å². The molecule has 0 radical (unpaired) electrons. The van der Waals surface area contributed by atoms with Gasteiger partial charge in [0.05, 0.1) is 18.4 Å². The van der Waals surface area contributed by atoms with Gasteiger partial charge in [0, 0.05) is 28.6 Å². The van der Waals surface area contributed by atoms with Gasteiger partial charge in [0.2, 0.25) is 5.91 Å². The first kappa shape index (κ1) is 20.9. The minimum atomic E-state index is -4.63. The molecule has 4 N–H and O–H groups in total. The SMILES string of the molecule is COc1cc(C(N)=O)cc(C(=O)Nc2cc(-c3nc(C)c[nH]3)cc(C(F)(F)F)c2)c1. The van der Waals surface area contributed by atoms with Gasteiger partial charge in [0.25, 0.3) is 5.91 Å². The van der Waals surface area contributed by atoms with Crippen LogP contribution in [0.5, 0.6) is 5.75 Å². The fourth-order valence-corrected chi connectivity index (χ4v) is 2.76. The Morgan fingerprint density at radius 3 is 2.37 bits per heavy atom. The molecule has 10 heteroatoms. The number of rotatable bonds is 5. The number of hydrogen-bond acceptors (Lipinski definition) is 4. The lowest BCUT2D eigenvalue weighted by Crippen LogP contribution is -2.16. The highest BCUT2D eigenvalue weighted by Crippen LogP contribution is 2.34. The van der Waals surface area contributed by atoms with Gasteiger partial charge in [0.15, 0.2) is 0 Å². The smallest absolute Gasteiger partial charge is 0.416 e. The second-order valence-electron chi connectivity index (χ2n) is 6.46. The Morgan fingerprint density at radius 2 is 1.80 bits per heavy atom. The molecule has 0 aliphatic rings. The van der Waals surface area contributed by atoms with Crippen molar-refractivity contribution in [2.75, 3.05) is 12.4 Å². The fourth-order valence-electron chi connectivity index (χ4n) is 2.76. The number of nitrogens with one attached hydrogen (secondary N) is 2. The van der Waals surface area contributed by atoms with E-state index in [-0.39, 0.29) is 34.0 Å². The van der Waals surface area contributed by atoms with Crippen LogP contribution in [0.1, 0.15) is 32.0 Å². The Bertz CT molecular complexity index is 1120. The highest BCUT2D eigenvalue weighted by atomic mass is 19.4. The molecule has 0 unspecified atom stereocenters. The van der Waals surface area contributed by atoms with Gasteiger partial charge < -0.3 is 20.8 Å². The topological polar surface area (TPSA) is 110 Å². The average molecular weight is 418 g/mol. The number of alkyl halides is 3. The predicted octanol–water partition coefficient (Wildman–Crippen LogP) is 3.76. The molecule has 30 heavy (non-hydrogen) atoms. The van der Waals surface area contributed by atoms with E-state index in [1.54, 1.807) is 13.1 Å². The zero-order valence-electron chi connectivity index (χ0n) is 15.9. The Labute approximate surface area is 169 Å². The fraction of sp³-hybridized carbons (Fsp3) is 0.150. The van der Waals surface area contributed by atoms with E-state index in [1.807, 2.05) is 0 Å². The summed E-state index contributed by atoms with van der Waals surface area (Å²) in [5.41, 5.74) is 4.97. The van der Waals surface area contributed by atoms with Crippen molar-refractivity contribution in [1.82, 2.24) is 9.97 Å². The van der Waals surface area contributed by atoms with E-state index >= 15 is 0 Å². The number of methoxy groups -OCH3 is 1. The molecule has 1 aromatic heterocycles. The minimum absolute atomic E-state index is 0.00375. The zero-order chi connectivity index (χ0) is 22.1. The number of aromatic nitrogens is 2. The van der Waals surface area contributed by atoms with E-state index in [4.69, 9.17) is 10.5 Å². The van der Waals surface area contributed by atoms with E-state index < -0.39 is 23.6 Å². The summed E-state index contributed by atoms with van der Waals surface area (Å²) < 4.78 is 45.1. The number of primary amides is 1. The summed E-state index contributed by atoms with van der Waals surface area (Å²) in [6, 6.07) is 7.02. The highest BCUT2D eigenvalue weighted by molar-refractivity contribution is 6.06. The van der Waals surface area contributed by atoms with Crippen LogP contribution in [0.2, 0.25) is 0 Å². The number of halogens is 3. The summed E-state index contributed by atoms with van der Waals surface area (Å²) in [5, 5.41) is 2.42. The van der Waals surface area contributed by atoms with Crippen molar-refractivity contribution in [2.24, 2.45) is 5.73 Å². The van der Waals surface area contributed by atoms with E-state index in [2.05, 4.69) is 15.3 Å². The number of carbonyl (C=O) groups is 2. The molecule has 0 aliphatic heterocycles.